The van der Waals surface area contributed by atoms with Gasteiger partial charge in [0.15, 0.2) is 0 Å². The summed E-state index contributed by atoms with van der Waals surface area (Å²) >= 11 is 1.93. The molecule has 96 valence electrons. The Labute approximate surface area is 104 Å². The topological polar surface area (TPSA) is 38.3 Å². The average molecular weight is 247 g/mol. The number of ether oxygens (including phenoxy) is 1. The molecule has 4 heteroatoms. The lowest BCUT2D eigenvalue weighted by Crippen LogP contribution is -2.42. The maximum absolute atomic E-state index is 11.5. The van der Waals surface area contributed by atoms with Gasteiger partial charge in [0.25, 0.3) is 0 Å². The van der Waals surface area contributed by atoms with Crippen molar-refractivity contribution in [3.63, 3.8) is 0 Å². The average Bonchev–Trinajstić information content (AvgIpc) is 2.26. The number of nitrogens with one attached hydrogen (secondary N) is 1. The van der Waals surface area contributed by atoms with Gasteiger partial charge in [-0.05, 0) is 38.2 Å². The van der Waals surface area contributed by atoms with Crippen LogP contribution in [0.4, 0.5) is 0 Å². The number of carbonyl (C=O) groups is 1. The highest BCUT2D eigenvalue weighted by Gasteiger charge is 2.18. The first-order valence-corrected chi connectivity index (χ1v) is 7.31. The van der Waals surface area contributed by atoms with Crippen molar-refractivity contribution in [2.75, 3.05) is 18.1 Å². The quantitative estimate of drug-likeness (QED) is 0.502. The van der Waals surface area contributed by atoms with E-state index >= 15 is 0 Å². The third-order valence-corrected chi connectivity index (χ3v) is 3.30. The Morgan fingerprint density at radius 2 is 2.06 bits per heavy atom. The fourth-order valence-corrected chi connectivity index (χ4v) is 2.24. The first-order valence-electron chi connectivity index (χ1n) is 6.16. The van der Waals surface area contributed by atoms with Crippen molar-refractivity contribution < 1.29 is 9.53 Å². The Hall–Kier alpha value is -0.220. The second-order valence-electron chi connectivity index (χ2n) is 3.77. The molecule has 0 radical (unpaired) electrons. The van der Waals surface area contributed by atoms with Crippen molar-refractivity contribution in [1.82, 2.24) is 5.32 Å². The van der Waals surface area contributed by atoms with Crippen LogP contribution in [0.1, 0.15) is 40.5 Å². The lowest BCUT2D eigenvalue weighted by atomic mass is 10.1. The SMILES string of the molecule is CCOC(=O)C(CC)NC(C)CCSCC. The van der Waals surface area contributed by atoms with Gasteiger partial charge in [-0.1, -0.05) is 13.8 Å². The van der Waals surface area contributed by atoms with E-state index in [1.807, 2.05) is 25.6 Å². The lowest BCUT2D eigenvalue weighted by Gasteiger charge is -2.20. The fourth-order valence-electron chi connectivity index (χ4n) is 1.43. The molecule has 0 aliphatic heterocycles. The largest absolute Gasteiger partial charge is 0.465 e. The van der Waals surface area contributed by atoms with E-state index in [0.29, 0.717) is 12.6 Å². The number of hydrogen-bond acceptors (Lipinski definition) is 4. The van der Waals surface area contributed by atoms with Gasteiger partial charge in [0.05, 0.1) is 6.61 Å². The Kier molecular flexibility index (Phi) is 9.83. The summed E-state index contributed by atoms with van der Waals surface area (Å²) in [5.41, 5.74) is 0. The summed E-state index contributed by atoms with van der Waals surface area (Å²) < 4.78 is 5.01. The molecule has 0 saturated heterocycles. The summed E-state index contributed by atoms with van der Waals surface area (Å²) in [5.74, 6) is 2.17. The van der Waals surface area contributed by atoms with Crippen LogP contribution in [0.5, 0.6) is 0 Å². The number of rotatable bonds is 9. The van der Waals surface area contributed by atoms with E-state index in [4.69, 9.17) is 4.74 Å². The van der Waals surface area contributed by atoms with Crippen LogP contribution in [0, 0.1) is 0 Å². The minimum Gasteiger partial charge on any atom is -0.465 e. The van der Waals surface area contributed by atoms with Crippen LogP contribution < -0.4 is 5.32 Å². The van der Waals surface area contributed by atoms with Crippen LogP contribution in [-0.2, 0) is 9.53 Å². The van der Waals surface area contributed by atoms with E-state index in [0.717, 1.165) is 24.3 Å². The van der Waals surface area contributed by atoms with E-state index in [-0.39, 0.29) is 12.0 Å². The molecule has 2 atom stereocenters. The minimum atomic E-state index is -0.151. The van der Waals surface area contributed by atoms with E-state index < -0.39 is 0 Å². The minimum absolute atomic E-state index is 0.125. The molecule has 0 aromatic rings. The van der Waals surface area contributed by atoms with Gasteiger partial charge in [-0.15, -0.1) is 0 Å². The van der Waals surface area contributed by atoms with Crippen molar-refractivity contribution >= 4 is 17.7 Å². The molecule has 1 N–H and O–H groups in total. The molecule has 0 saturated carbocycles. The smallest absolute Gasteiger partial charge is 0.323 e. The van der Waals surface area contributed by atoms with Crippen LogP contribution in [0.15, 0.2) is 0 Å². The highest BCUT2D eigenvalue weighted by molar-refractivity contribution is 7.99. The summed E-state index contributed by atoms with van der Waals surface area (Å²) in [6, 6.07) is 0.218. The Bertz CT molecular complexity index is 188. The van der Waals surface area contributed by atoms with E-state index in [9.17, 15) is 4.79 Å². The van der Waals surface area contributed by atoms with Gasteiger partial charge >= 0.3 is 5.97 Å². The van der Waals surface area contributed by atoms with Gasteiger partial charge in [-0.25, -0.2) is 0 Å². The predicted octanol–water partition coefficient (Wildman–Crippen LogP) is 2.45. The van der Waals surface area contributed by atoms with Gasteiger partial charge in [-0.3, -0.25) is 4.79 Å². The zero-order valence-electron chi connectivity index (χ0n) is 10.9. The molecule has 0 rings (SSSR count). The molecule has 0 heterocycles. The third-order valence-electron chi connectivity index (χ3n) is 2.36. The van der Waals surface area contributed by atoms with Gasteiger partial charge in [0.1, 0.15) is 6.04 Å². The zero-order chi connectivity index (χ0) is 12.4. The van der Waals surface area contributed by atoms with Gasteiger partial charge in [-0.2, -0.15) is 11.8 Å². The Morgan fingerprint density at radius 3 is 2.56 bits per heavy atom. The number of thioether (sulfide) groups is 1. The molecule has 0 aromatic carbocycles. The first-order chi connectivity index (χ1) is 7.65. The molecule has 0 aliphatic carbocycles. The molecule has 3 nitrogen and oxygen atoms in total. The summed E-state index contributed by atoms with van der Waals surface area (Å²) in [7, 11) is 0. The van der Waals surface area contributed by atoms with E-state index in [2.05, 4.69) is 19.2 Å². The van der Waals surface area contributed by atoms with E-state index in [1.54, 1.807) is 0 Å². The standard InChI is InChI=1S/C12H25NO2S/c1-5-11(12(14)15-6-2)13-10(4)8-9-16-7-3/h10-11,13H,5-9H2,1-4H3. The van der Waals surface area contributed by atoms with Gasteiger partial charge in [0, 0.05) is 6.04 Å². The fraction of sp³-hybridized carbons (Fsp3) is 0.917. The van der Waals surface area contributed by atoms with Crippen molar-refractivity contribution in [1.29, 1.82) is 0 Å². The second-order valence-corrected chi connectivity index (χ2v) is 5.16. The van der Waals surface area contributed by atoms with Crippen LogP contribution in [-0.4, -0.2) is 36.2 Å². The number of esters is 1. The molecule has 0 aliphatic rings. The molecule has 0 fully saturated rings. The van der Waals surface area contributed by atoms with Crippen molar-refractivity contribution in [3.05, 3.63) is 0 Å². The highest BCUT2D eigenvalue weighted by Crippen LogP contribution is 2.05. The molecule has 0 aromatic heterocycles. The molecule has 0 spiro atoms. The van der Waals surface area contributed by atoms with Crippen LogP contribution >= 0.6 is 11.8 Å². The second kappa shape index (κ2) is 9.97. The lowest BCUT2D eigenvalue weighted by molar-refractivity contribution is -0.145. The van der Waals surface area contributed by atoms with E-state index in [1.165, 1.54) is 0 Å². The summed E-state index contributed by atoms with van der Waals surface area (Å²) in [5, 5.41) is 3.32. The highest BCUT2D eigenvalue weighted by atomic mass is 32.2. The van der Waals surface area contributed by atoms with Crippen molar-refractivity contribution in [2.24, 2.45) is 0 Å². The molecule has 2 unspecified atom stereocenters. The van der Waals surface area contributed by atoms with Crippen LogP contribution in [0.25, 0.3) is 0 Å². The summed E-state index contributed by atoms with van der Waals surface area (Å²) in [6.45, 7) is 8.58. The predicted molar refractivity (Wildman–Crippen MR) is 70.9 cm³/mol. The first kappa shape index (κ1) is 15.8. The van der Waals surface area contributed by atoms with Crippen LogP contribution in [0.2, 0.25) is 0 Å². The third kappa shape index (κ3) is 7.12. The molecule has 16 heavy (non-hydrogen) atoms. The summed E-state index contributed by atoms with van der Waals surface area (Å²) in [6.07, 6.45) is 1.87. The maximum Gasteiger partial charge on any atom is 0.323 e. The van der Waals surface area contributed by atoms with Crippen LogP contribution in [0.3, 0.4) is 0 Å². The van der Waals surface area contributed by atoms with Gasteiger partial charge in [0.2, 0.25) is 0 Å². The normalized spacial score (nSPS) is 14.5. The number of carbonyl (C=O) groups excluding carboxylic acids is 1. The maximum atomic E-state index is 11.5. The molecule has 0 amide bonds. The Morgan fingerprint density at radius 1 is 1.38 bits per heavy atom. The van der Waals surface area contributed by atoms with Crippen molar-refractivity contribution in [3.8, 4) is 0 Å². The molecule has 0 bridgehead atoms. The van der Waals surface area contributed by atoms with Crippen molar-refractivity contribution in [2.45, 2.75) is 52.6 Å². The monoisotopic (exact) mass is 247 g/mol. The molecular formula is C12H25NO2S. The zero-order valence-corrected chi connectivity index (χ0v) is 11.7. The van der Waals surface area contributed by atoms with Gasteiger partial charge < -0.3 is 10.1 Å². The summed E-state index contributed by atoms with van der Waals surface area (Å²) in [4.78, 5) is 11.5. The number of hydrogen-bond donors (Lipinski definition) is 1. The Balaban J connectivity index is 3.86. The molecular weight excluding hydrogens is 222 g/mol.